The summed E-state index contributed by atoms with van der Waals surface area (Å²) in [7, 11) is 0. The van der Waals surface area contributed by atoms with Crippen LogP contribution >= 0.6 is 0 Å². The van der Waals surface area contributed by atoms with E-state index in [0.717, 1.165) is 81.0 Å². The highest BCUT2D eigenvalue weighted by Gasteiger charge is 2.36. The van der Waals surface area contributed by atoms with Crippen molar-refractivity contribution in [3.05, 3.63) is 59.7 Å². The van der Waals surface area contributed by atoms with Crippen molar-refractivity contribution in [3.8, 4) is 11.5 Å². The number of nitrogens with one attached hydrogen (secondary N) is 1. The molecule has 0 spiro atoms. The largest absolute Gasteiger partial charge is 0.457 e. The quantitative estimate of drug-likeness (QED) is 0.707. The Morgan fingerprint density at radius 2 is 1.62 bits per heavy atom. The van der Waals surface area contributed by atoms with Crippen molar-refractivity contribution in [2.75, 3.05) is 32.7 Å². The first-order chi connectivity index (χ1) is 14.3. The molecule has 1 fully saturated rings. The summed E-state index contributed by atoms with van der Waals surface area (Å²) in [5.41, 5.74) is 7.49. The number of carbonyl (C=O) groups is 1. The van der Waals surface area contributed by atoms with E-state index in [4.69, 9.17) is 10.5 Å². The number of ether oxygens (including phenoxy) is 1. The number of benzene rings is 2. The van der Waals surface area contributed by atoms with Crippen LogP contribution in [-0.4, -0.2) is 43.5 Å². The van der Waals surface area contributed by atoms with Gasteiger partial charge in [-0.1, -0.05) is 36.4 Å². The summed E-state index contributed by atoms with van der Waals surface area (Å²) in [6, 6.07) is 15.8. The topological polar surface area (TPSA) is 67.6 Å². The molecule has 0 aliphatic carbocycles. The molecule has 2 aromatic carbocycles. The molecule has 3 N–H and O–H groups in total. The smallest absolute Gasteiger partial charge is 0.234 e. The fourth-order valence-electron chi connectivity index (χ4n) is 4.42. The molecule has 0 radical (unpaired) electrons. The van der Waals surface area contributed by atoms with Crippen LogP contribution < -0.4 is 15.8 Å². The lowest BCUT2D eigenvalue weighted by atomic mass is 9.86. The molecule has 1 amide bonds. The number of carbonyl (C=O) groups excluding carboxylic acids is 1. The number of likely N-dealkylation sites (tertiary alicyclic amines) is 1. The predicted octanol–water partition coefficient (Wildman–Crippen LogP) is 3.49. The van der Waals surface area contributed by atoms with Crippen molar-refractivity contribution in [1.82, 2.24) is 10.2 Å². The Kier molecular flexibility index (Phi) is 6.47. The zero-order valence-corrected chi connectivity index (χ0v) is 17.0. The molecular formula is C24H31N3O2. The van der Waals surface area contributed by atoms with Crippen LogP contribution in [-0.2, 0) is 4.79 Å². The molecule has 1 saturated heterocycles. The van der Waals surface area contributed by atoms with Gasteiger partial charge in [0.05, 0.1) is 5.92 Å². The van der Waals surface area contributed by atoms with Crippen LogP contribution in [0.4, 0.5) is 0 Å². The van der Waals surface area contributed by atoms with E-state index in [1.165, 1.54) is 0 Å². The first kappa shape index (κ1) is 19.9. The Labute approximate surface area is 173 Å². The maximum Gasteiger partial charge on any atom is 0.234 e. The number of amides is 1. The van der Waals surface area contributed by atoms with Gasteiger partial charge in [0.25, 0.3) is 0 Å². The van der Waals surface area contributed by atoms with Gasteiger partial charge in [-0.05, 0) is 63.4 Å². The molecule has 0 aromatic heterocycles. The average Bonchev–Trinajstić information content (AvgIpc) is 2.77. The Bertz CT molecular complexity index is 785. The summed E-state index contributed by atoms with van der Waals surface area (Å²) in [4.78, 5) is 15.6. The van der Waals surface area contributed by atoms with Gasteiger partial charge in [-0.15, -0.1) is 0 Å². The number of hydrogen-bond acceptors (Lipinski definition) is 4. The van der Waals surface area contributed by atoms with Crippen molar-refractivity contribution in [3.63, 3.8) is 0 Å². The lowest BCUT2D eigenvalue weighted by Crippen LogP contribution is -2.43. The van der Waals surface area contributed by atoms with Crippen LogP contribution in [0.3, 0.4) is 0 Å². The number of piperidine rings is 1. The minimum Gasteiger partial charge on any atom is -0.457 e. The third-order valence-corrected chi connectivity index (χ3v) is 6.09. The maximum atomic E-state index is 13.6. The molecule has 29 heavy (non-hydrogen) atoms. The second-order valence-corrected chi connectivity index (χ2v) is 8.08. The summed E-state index contributed by atoms with van der Waals surface area (Å²) in [6.45, 7) is 4.49. The highest BCUT2D eigenvalue weighted by atomic mass is 16.5. The van der Waals surface area contributed by atoms with Crippen LogP contribution in [0.5, 0.6) is 11.5 Å². The van der Waals surface area contributed by atoms with Crippen molar-refractivity contribution in [2.24, 2.45) is 11.7 Å². The summed E-state index contributed by atoms with van der Waals surface area (Å²) in [5.74, 6) is 2.15. The molecule has 5 nitrogen and oxygen atoms in total. The van der Waals surface area contributed by atoms with Gasteiger partial charge in [0.15, 0.2) is 0 Å². The van der Waals surface area contributed by atoms with E-state index in [2.05, 4.69) is 10.2 Å². The third kappa shape index (κ3) is 4.46. The van der Waals surface area contributed by atoms with Crippen molar-refractivity contribution in [2.45, 2.75) is 31.6 Å². The Balaban J connectivity index is 1.41. The SMILES string of the molecule is NCCCCNCC1CCN(C(=O)C2c3ccccc3Oc3ccccc32)CC1. The lowest BCUT2D eigenvalue weighted by molar-refractivity contribution is -0.133. The first-order valence-corrected chi connectivity index (χ1v) is 10.8. The summed E-state index contributed by atoms with van der Waals surface area (Å²) < 4.78 is 6.05. The monoisotopic (exact) mass is 393 g/mol. The molecule has 0 bridgehead atoms. The molecule has 0 saturated carbocycles. The van der Waals surface area contributed by atoms with Crippen molar-refractivity contribution in [1.29, 1.82) is 0 Å². The van der Waals surface area contributed by atoms with Crippen LogP contribution in [0.15, 0.2) is 48.5 Å². The molecule has 154 valence electrons. The van der Waals surface area contributed by atoms with Gasteiger partial charge in [0.2, 0.25) is 5.91 Å². The third-order valence-electron chi connectivity index (χ3n) is 6.09. The summed E-state index contributed by atoms with van der Waals surface area (Å²) >= 11 is 0. The number of nitrogens with two attached hydrogens (primary N) is 1. The average molecular weight is 394 g/mol. The standard InChI is InChI=1S/C24H31N3O2/c25-13-5-6-14-26-17-18-11-15-27(16-12-18)24(28)23-19-7-1-3-9-21(19)29-22-10-4-2-8-20(22)23/h1-4,7-10,18,23,26H,5-6,11-17,25H2. The van der Waals surface area contributed by atoms with Crippen molar-refractivity contribution >= 4 is 5.91 Å². The van der Waals surface area contributed by atoms with Gasteiger partial charge in [-0.25, -0.2) is 0 Å². The molecule has 2 heterocycles. The molecule has 0 unspecified atom stereocenters. The number of unbranched alkanes of at least 4 members (excludes halogenated alkanes) is 1. The summed E-state index contributed by atoms with van der Waals surface area (Å²) in [5, 5.41) is 3.55. The number of nitrogens with zero attached hydrogens (tertiary/aromatic N) is 1. The van der Waals surface area contributed by atoms with E-state index in [9.17, 15) is 4.79 Å². The number of rotatable bonds is 7. The fourth-order valence-corrected chi connectivity index (χ4v) is 4.42. The molecule has 5 heteroatoms. The number of para-hydroxylation sites is 2. The molecule has 4 rings (SSSR count). The first-order valence-electron chi connectivity index (χ1n) is 10.8. The Morgan fingerprint density at radius 1 is 1.00 bits per heavy atom. The zero-order chi connectivity index (χ0) is 20.1. The Morgan fingerprint density at radius 3 is 2.24 bits per heavy atom. The highest BCUT2D eigenvalue weighted by molar-refractivity contribution is 5.89. The molecule has 2 aromatic rings. The summed E-state index contributed by atoms with van der Waals surface area (Å²) in [6.07, 6.45) is 4.33. The lowest BCUT2D eigenvalue weighted by Gasteiger charge is -2.36. The second kappa shape index (κ2) is 9.42. The molecule has 2 aliphatic rings. The minimum atomic E-state index is -0.276. The molecular weight excluding hydrogens is 362 g/mol. The molecule has 2 aliphatic heterocycles. The van der Waals surface area contributed by atoms with Crippen molar-refractivity contribution < 1.29 is 9.53 Å². The number of fused-ring (bicyclic) bond motifs is 2. The van der Waals surface area contributed by atoms with Gasteiger partial charge in [0, 0.05) is 24.2 Å². The zero-order valence-electron chi connectivity index (χ0n) is 17.0. The normalized spacial score (nSPS) is 16.8. The van der Waals surface area contributed by atoms with Gasteiger partial charge in [-0.2, -0.15) is 0 Å². The van der Waals surface area contributed by atoms with Crippen LogP contribution in [0.25, 0.3) is 0 Å². The second-order valence-electron chi connectivity index (χ2n) is 8.08. The predicted molar refractivity (Wildman–Crippen MR) is 115 cm³/mol. The van der Waals surface area contributed by atoms with E-state index >= 15 is 0 Å². The van der Waals surface area contributed by atoms with E-state index in [1.807, 2.05) is 48.5 Å². The van der Waals surface area contributed by atoms with Gasteiger partial charge >= 0.3 is 0 Å². The maximum absolute atomic E-state index is 13.6. The molecule has 0 atom stereocenters. The van der Waals surface area contributed by atoms with Gasteiger partial charge < -0.3 is 20.7 Å². The van der Waals surface area contributed by atoms with E-state index < -0.39 is 0 Å². The minimum absolute atomic E-state index is 0.197. The van der Waals surface area contributed by atoms with Crippen LogP contribution in [0, 0.1) is 5.92 Å². The fraction of sp³-hybridized carbons (Fsp3) is 0.458. The number of hydrogen-bond donors (Lipinski definition) is 2. The highest BCUT2D eigenvalue weighted by Crippen LogP contribution is 2.44. The van der Waals surface area contributed by atoms with Crippen LogP contribution in [0.2, 0.25) is 0 Å². The van der Waals surface area contributed by atoms with E-state index in [1.54, 1.807) is 0 Å². The van der Waals surface area contributed by atoms with Gasteiger partial charge in [-0.3, -0.25) is 4.79 Å². The van der Waals surface area contributed by atoms with Crippen LogP contribution in [0.1, 0.15) is 42.7 Å². The van der Waals surface area contributed by atoms with E-state index in [-0.39, 0.29) is 11.8 Å². The Hall–Kier alpha value is -2.37. The van der Waals surface area contributed by atoms with E-state index in [0.29, 0.717) is 5.92 Å². The van der Waals surface area contributed by atoms with Gasteiger partial charge in [0.1, 0.15) is 11.5 Å².